The van der Waals surface area contributed by atoms with Crippen LogP contribution in [0.5, 0.6) is 0 Å². The van der Waals surface area contributed by atoms with Gasteiger partial charge in [-0.1, -0.05) is 24.9 Å². The number of benzene rings is 1. The number of nitrogens with one attached hydrogen (secondary N) is 1. The van der Waals surface area contributed by atoms with Crippen molar-refractivity contribution in [3.8, 4) is 0 Å². The van der Waals surface area contributed by atoms with Crippen LogP contribution in [-0.2, 0) is 6.54 Å². The highest BCUT2D eigenvalue weighted by atomic mass is 35.5. The van der Waals surface area contributed by atoms with Crippen LogP contribution in [0.4, 0.5) is 0 Å². The summed E-state index contributed by atoms with van der Waals surface area (Å²) < 4.78 is 0. The molecule has 18 heavy (non-hydrogen) atoms. The topological polar surface area (TPSA) is 24.9 Å². The van der Waals surface area contributed by atoms with Gasteiger partial charge in [0, 0.05) is 22.6 Å². The van der Waals surface area contributed by atoms with Crippen LogP contribution in [0.2, 0.25) is 5.02 Å². The van der Waals surface area contributed by atoms with Crippen molar-refractivity contribution < 1.29 is 0 Å². The van der Waals surface area contributed by atoms with Crippen LogP contribution in [-0.4, -0.2) is 11.5 Å². The van der Waals surface area contributed by atoms with Gasteiger partial charge in [0.2, 0.25) is 0 Å². The van der Waals surface area contributed by atoms with Gasteiger partial charge in [-0.2, -0.15) is 0 Å². The van der Waals surface area contributed by atoms with E-state index in [1.807, 2.05) is 25.1 Å². The number of aryl methyl sites for hydroxylation is 1. The summed E-state index contributed by atoms with van der Waals surface area (Å²) in [7, 11) is 0. The second kappa shape index (κ2) is 6.17. The molecular formula is C15H19ClN2. The summed E-state index contributed by atoms with van der Waals surface area (Å²) in [5, 5.41) is 5.39. The molecule has 0 fully saturated rings. The summed E-state index contributed by atoms with van der Waals surface area (Å²) in [6.45, 7) is 6.16. The zero-order chi connectivity index (χ0) is 13.0. The molecule has 0 spiro atoms. The molecule has 0 aliphatic rings. The summed E-state index contributed by atoms with van der Waals surface area (Å²) in [4.78, 5) is 4.54. The van der Waals surface area contributed by atoms with Crippen molar-refractivity contribution >= 4 is 22.5 Å². The molecule has 1 N–H and O–H groups in total. The van der Waals surface area contributed by atoms with E-state index in [1.54, 1.807) is 0 Å². The SMILES string of the molecule is CCCCNCc1cc(C)nc2ccc(Cl)cc12. The minimum Gasteiger partial charge on any atom is -0.313 e. The minimum absolute atomic E-state index is 0.767. The molecule has 0 amide bonds. The predicted octanol–water partition coefficient (Wildman–Crippen LogP) is 4.09. The highest BCUT2D eigenvalue weighted by molar-refractivity contribution is 6.31. The molecular weight excluding hydrogens is 244 g/mol. The maximum absolute atomic E-state index is 6.07. The van der Waals surface area contributed by atoms with Gasteiger partial charge in [-0.25, -0.2) is 0 Å². The molecule has 0 aliphatic heterocycles. The predicted molar refractivity (Wildman–Crippen MR) is 78.1 cm³/mol. The zero-order valence-electron chi connectivity index (χ0n) is 11.0. The lowest BCUT2D eigenvalue weighted by Crippen LogP contribution is -2.15. The van der Waals surface area contributed by atoms with Gasteiger partial charge in [0.15, 0.2) is 0 Å². The van der Waals surface area contributed by atoms with E-state index in [1.165, 1.54) is 18.4 Å². The van der Waals surface area contributed by atoms with Crippen LogP contribution in [0.25, 0.3) is 10.9 Å². The molecule has 0 saturated carbocycles. The number of fused-ring (bicyclic) bond motifs is 1. The molecule has 0 unspecified atom stereocenters. The number of unbranched alkanes of at least 4 members (excludes halogenated alkanes) is 1. The number of nitrogens with zero attached hydrogens (tertiary/aromatic N) is 1. The standard InChI is InChI=1S/C15H19ClN2/c1-3-4-7-17-10-12-8-11(2)18-15-6-5-13(16)9-14(12)15/h5-6,8-9,17H,3-4,7,10H2,1-2H3. The number of pyridine rings is 1. The average Bonchev–Trinajstić information content (AvgIpc) is 2.35. The Kier molecular flexibility index (Phi) is 4.56. The van der Waals surface area contributed by atoms with Crippen molar-refractivity contribution in [2.75, 3.05) is 6.54 Å². The summed E-state index contributed by atoms with van der Waals surface area (Å²) in [5.41, 5.74) is 3.35. The van der Waals surface area contributed by atoms with E-state index in [9.17, 15) is 0 Å². The van der Waals surface area contributed by atoms with Crippen molar-refractivity contribution in [2.24, 2.45) is 0 Å². The molecule has 0 radical (unpaired) electrons. The van der Waals surface area contributed by atoms with Gasteiger partial charge in [0.05, 0.1) is 5.52 Å². The van der Waals surface area contributed by atoms with E-state index in [0.29, 0.717) is 0 Å². The smallest absolute Gasteiger partial charge is 0.0709 e. The zero-order valence-corrected chi connectivity index (χ0v) is 11.7. The largest absolute Gasteiger partial charge is 0.313 e. The Morgan fingerprint density at radius 2 is 2.11 bits per heavy atom. The van der Waals surface area contributed by atoms with Crippen LogP contribution in [0.15, 0.2) is 24.3 Å². The number of rotatable bonds is 5. The van der Waals surface area contributed by atoms with Gasteiger partial charge in [-0.15, -0.1) is 0 Å². The number of hydrogen-bond acceptors (Lipinski definition) is 2. The summed E-state index contributed by atoms with van der Waals surface area (Å²) in [5.74, 6) is 0. The lowest BCUT2D eigenvalue weighted by Gasteiger charge is -2.09. The van der Waals surface area contributed by atoms with Crippen LogP contribution in [0, 0.1) is 6.92 Å². The Bertz CT molecular complexity index is 537. The maximum Gasteiger partial charge on any atom is 0.0709 e. The van der Waals surface area contributed by atoms with Crippen molar-refractivity contribution in [2.45, 2.75) is 33.2 Å². The Balaban J connectivity index is 2.27. The Labute approximate surface area is 113 Å². The summed E-state index contributed by atoms with van der Waals surface area (Å²) in [6, 6.07) is 8.02. The van der Waals surface area contributed by atoms with Gasteiger partial charge in [0.1, 0.15) is 0 Å². The maximum atomic E-state index is 6.07. The van der Waals surface area contributed by atoms with E-state index in [0.717, 1.165) is 34.7 Å². The number of aromatic nitrogens is 1. The van der Waals surface area contributed by atoms with Gasteiger partial charge in [0.25, 0.3) is 0 Å². The number of hydrogen-bond donors (Lipinski definition) is 1. The third-order valence-corrected chi connectivity index (χ3v) is 3.24. The molecule has 3 heteroatoms. The highest BCUT2D eigenvalue weighted by Crippen LogP contribution is 2.22. The van der Waals surface area contributed by atoms with E-state index >= 15 is 0 Å². The first kappa shape index (κ1) is 13.3. The molecule has 0 aliphatic carbocycles. The molecule has 1 aromatic carbocycles. The molecule has 1 aromatic heterocycles. The van der Waals surface area contributed by atoms with Crippen LogP contribution in [0.1, 0.15) is 31.0 Å². The third kappa shape index (κ3) is 3.21. The van der Waals surface area contributed by atoms with Crippen molar-refractivity contribution in [1.82, 2.24) is 10.3 Å². The van der Waals surface area contributed by atoms with Gasteiger partial charge >= 0.3 is 0 Å². The number of halogens is 1. The Morgan fingerprint density at radius 3 is 2.89 bits per heavy atom. The fourth-order valence-corrected chi connectivity index (χ4v) is 2.26. The summed E-state index contributed by atoms with van der Waals surface area (Å²) >= 11 is 6.07. The van der Waals surface area contributed by atoms with Crippen molar-refractivity contribution in [1.29, 1.82) is 0 Å². The van der Waals surface area contributed by atoms with Gasteiger partial charge in [-0.05, 0) is 49.7 Å². The lowest BCUT2D eigenvalue weighted by atomic mass is 10.1. The quantitative estimate of drug-likeness (QED) is 0.821. The molecule has 0 atom stereocenters. The molecule has 2 rings (SSSR count). The van der Waals surface area contributed by atoms with E-state index in [-0.39, 0.29) is 0 Å². The van der Waals surface area contributed by atoms with Gasteiger partial charge < -0.3 is 5.32 Å². The van der Waals surface area contributed by atoms with E-state index in [4.69, 9.17) is 11.6 Å². The second-order valence-electron chi connectivity index (χ2n) is 4.61. The highest BCUT2D eigenvalue weighted by Gasteiger charge is 2.04. The first-order chi connectivity index (χ1) is 8.70. The van der Waals surface area contributed by atoms with Crippen molar-refractivity contribution in [3.63, 3.8) is 0 Å². The molecule has 0 bridgehead atoms. The fraction of sp³-hybridized carbons (Fsp3) is 0.400. The van der Waals surface area contributed by atoms with Crippen LogP contribution >= 0.6 is 11.6 Å². The molecule has 96 valence electrons. The van der Waals surface area contributed by atoms with Crippen LogP contribution < -0.4 is 5.32 Å². The molecule has 2 nitrogen and oxygen atoms in total. The van der Waals surface area contributed by atoms with Crippen LogP contribution in [0.3, 0.4) is 0 Å². The monoisotopic (exact) mass is 262 g/mol. The lowest BCUT2D eigenvalue weighted by molar-refractivity contribution is 0.643. The first-order valence-corrected chi connectivity index (χ1v) is 6.85. The van der Waals surface area contributed by atoms with E-state index in [2.05, 4.69) is 23.3 Å². The molecule has 2 aromatic rings. The van der Waals surface area contributed by atoms with Crippen molar-refractivity contribution in [3.05, 3.63) is 40.5 Å². The molecule has 0 saturated heterocycles. The average molecular weight is 263 g/mol. The van der Waals surface area contributed by atoms with E-state index < -0.39 is 0 Å². The second-order valence-corrected chi connectivity index (χ2v) is 5.05. The summed E-state index contributed by atoms with van der Waals surface area (Å²) in [6.07, 6.45) is 2.43. The minimum atomic E-state index is 0.767. The fourth-order valence-electron chi connectivity index (χ4n) is 2.09. The Morgan fingerprint density at radius 1 is 1.28 bits per heavy atom. The Hall–Kier alpha value is -1.12. The third-order valence-electron chi connectivity index (χ3n) is 3.01. The van der Waals surface area contributed by atoms with Gasteiger partial charge in [-0.3, -0.25) is 4.98 Å². The molecule has 1 heterocycles. The normalized spacial score (nSPS) is 11.1. The first-order valence-electron chi connectivity index (χ1n) is 6.47.